The number of nitrogens with one attached hydrogen (secondary N) is 1. The van der Waals surface area contributed by atoms with Crippen LogP contribution in [-0.4, -0.2) is 36.0 Å². The second-order valence-corrected chi connectivity index (χ2v) is 12.2. The third-order valence-corrected chi connectivity index (χ3v) is 9.47. The first-order valence-electron chi connectivity index (χ1n) is 13.5. The van der Waals surface area contributed by atoms with E-state index in [4.69, 9.17) is 9.72 Å². The molecular formula is C31H31F3N2O2S2. The highest BCUT2D eigenvalue weighted by Gasteiger charge is 2.49. The van der Waals surface area contributed by atoms with E-state index in [1.807, 2.05) is 73.7 Å². The second kappa shape index (κ2) is 12.2. The van der Waals surface area contributed by atoms with Crippen LogP contribution in [0.2, 0.25) is 0 Å². The van der Waals surface area contributed by atoms with Crippen molar-refractivity contribution in [1.82, 2.24) is 10.3 Å². The summed E-state index contributed by atoms with van der Waals surface area (Å²) in [5, 5.41) is 2.21. The Balaban J connectivity index is 1.21. The van der Waals surface area contributed by atoms with E-state index in [9.17, 15) is 18.0 Å². The number of amides is 1. The number of halogens is 3. The molecule has 1 amide bonds. The molecule has 0 saturated carbocycles. The standard InChI is InChI=1S/C31H31F3N2O2S2/c1-2-38-21-15-16-26-27(19-21)40-29(36-26)39-18-10-4-3-9-17-30(28(37)35-20-31(32,33)34)24-13-7-5-11-22(24)23-12-6-8-14-25(23)30/h5-8,11-16,19H,2-4,9-10,17-18,20H2,1H3,(H,35,37). The molecule has 9 heteroatoms. The van der Waals surface area contributed by atoms with E-state index in [2.05, 4.69) is 5.32 Å². The highest BCUT2D eigenvalue weighted by molar-refractivity contribution is 8.01. The second-order valence-electron chi connectivity index (χ2n) is 9.85. The lowest BCUT2D eigenvalue weighted by Gasteiger charge is -2.31. The zero-order valence-corrected chi connectivity index (χ0v) is 23.9. The number of fused-ring (bicyclic) bond motifs is 4. The smallest absolute Gasteiger partial charge is 0.405 e. The van der Waals surface area contributed by atoms with Crippen LogP contribution in [0.4, 0.5) is 13.2 Å². The van der Waals surface area contributed by atoms with E-state index >= 15 is 0 Å². The van der Waals surface area contributed by atoms with Crippen molar-refractivity contribution < 1.29 is 22.7 Å². The third kappa shape index (κ3) is 6.00. The molecule has 4 nitrogen and oxygen atoms in total. The summed E-state index contributed by atoms with van der Waals surface area (Å²) in [7, 11) is 0. The zero-order chi connectivity index (χ0) is 28.2. The molecule has 4 aromatic rings. The predicted octanol–water partition coefficient (Wildman–Crippen LogP) is 8.38. The Morgan fingerprint density at radius 2 is 1.65 bits per heavy atom. The lowest BCUT2D eigenvalue weighted by atomic mass is 9.73. The monoisotopic (exact) mass is 584 g/mol. The lowest BCUT2D eigenvalue weighted by molar-refractivity contribution is -0.141. The van der Waals surface area contributed by atoms with Crippen molar-refractivity contribution >= 4 is 39.2 Å². The van der Waals surface area contributed by atoms with E-state index < -0.39 is 24.0 Å². The van der Waals surface area contributed by atoms with Gasteiger partial charge in [0.05, 0.1) is 16.8 Å². The number of hydrogen-bond donors (Lipinski definition) is 1. The molecule has 0 spiro atoms. The van der Waals surface area contributed by atoms with Crippen molar-refractivity contribution in [2.24, 2.45) is 0 Å². The molecular weight excluding hydrogens is 553 g/mol. The molecule has 0 aliphatic heterocycles. The maximum absolute atomic E-state index is 13.6. The molecule has 1 N–H and O–H groups in total. The number of hydrogen-bond acceptors (Lipinski definition) is 5. The Labute approximate surface area is 240 Å². The number of ether oxygens (including phenoxy) is 1. The van der Waals surface area contributed by atoms with Crippen LogP contribution in [0.25, 0.3) is 21.3 Å². The van der Waals surface area contributed by atoms with Crippen LogP contribution < -0.4 is 10.1 Å². The number of benzene rings is 3. The molecule has 0 radical (unpaired) electrons. The van der Waals surface area contributed by atoms with Gasteiger partial charge in [-0.05, 0) is 60.2 Å². The minimum absolute atomic E-state index is 0.456. The van der Waals surface area contributed by atoms with E-state index in [0.29, 0.717) is 13.0 Å². The van der Waals surface area contributed by atoms with Gasteiger partial charge in [0.1, 0.15) is 17.7 Å². The SMILES string of the molecule is CCOc1ccc2nc(SCCCCCCC3(C(=O)NCC(F)(F)F)c4ccccc4-c4ccccc43)sc2c1. The number of carbonyl (C=O) groups is 1. The molecule has 1 aliphatic carbocycles. The van der Waals surface area contributed by atoms with Crippen molar-refractivity contribution in [3.8, 4) is 16.9 Å². The Bertz CT molecular complexity index is 1440. The van der Waals surface area contributed by atoms with Gasteiger partial charge in [-0.1, -0.05) is 79.6 Å². The summed E-state index contributed by atoms with van der Waals surface area (Å²) in [5.41, 5.74) is 3.25. The van der Waals surface area contributed by atoms with E-state index in [0.717, 1.165) is 74.0 Å². The van der Waals surface area contributed by atoms with E-state index in [-0.39, 0.29) is 0 Å². The summed E-state index contributed by atoms with van der Waals surface area (Å²) in [5.74, 6) is 1.20. The van der Waals surface area contributed by atoms with Gasteiger partial charge in [-0.2, -0.15) is 13.2 Å². The van der Waals surface area contributed by atoms with Crippen molar-refractivity contribution in [1.29, 1.82) is 0 Å². The molecule has 5 rings (SSSR count). The first-order valence-corrected chi connectivity index (χ1v) is 15.3. The van der Waals surface area contributed by atoms with Gasteiger partial charge in [0.15, 0.2) is 4.34 Å². The summed E-state index contributed by atoms with van der Waals surface area (Å²) >= 11 is 3.40. The minimum Gasteiger partial charge on any atom is -0.494 e. The Morgan fingerprint density at radius 3 is 2.33 bits per heavy atom. The molecule has 1 aliphatic rings. The predicted molar refractivity (Wildman–Crippen MR) is 156 cm³/mol. The Kier molecular flexibility index (Phi) is 8.71. The number of thioether (sulfide) groups is 1. The fraction of sp³-hybridized carbons (Fsp3) is 0.355. The van der Waals surface area contributed by atoms with Crippen LogP contribution in [0.15, 0.2) is 71.1 Å². The zero-order valence-electron chi connectivity index (χ0n) is 22.2. The summed E-state index contributed by atoms with van der Waals surface area (Å²) in [6.07, 6.45) is -0.440. The van der Waals surface area contributed by atoms with Crippen molar-refractivity contribution in [3.05, 3.63) is 77.9 Å². The average Bonchev–Trinajstić information content (AvgIpc) is 3.48. The van der Waals surface area contributed by atoms with Crippen LogP contribution in [0.5, 0.6) is 5.75 Å². The summed E-state index contributed by atoms with van der Waals surface area (Å²) in [6, 6.07) is 21.1. The summed E-state index contributed by atoms with van der Waals surface area (Å²) in [4.78, 5) is 18.3. The minimum atomic E-state index is -4.47. The van der Waals surface area contributed by atoms with Crippen LogP contribution in [0.3, 0.4) is 0 Å². The molecule has 1 heterocycles. The van der Waals surface area contributed by atoms with Crippen LogP contribution in [0.1, 0.15) is 50.2 Å². The van der Waals surface area contributed by atoms with Crippen molar-refractivity contribution in [2.45, 2.75) is 55.0 Å². The number of nitrogens with zero attached hydrogens (tertiary/aromatic N) is 1. The van der Waals surface area contributed by atoms with E-state index in [1.165, 1.54) is 0 Å². The van der Waals surface area contributed by atoms with Gasteiger partial charge in [-0.25, -0.2) is 4.98 Å². The van der Waals surface area contributed by atoms with Gasteiger partial charge in [-0.15, -0.1) is 11.3 Å². The van der Waals surface area contributed by atoms with Crippen LogP contribution >= 0.6 is 23.1 Å². The van der Waals surface area contributed by atoms with Crippen molar-refractivity contribution in [2.75, 3.05) is 18.9 Å². The molecule has 0 bridgehead atoms. The molecule has 3 aromatic carbocycles. The third-order valence-electron chi connectivity index (χ3n) is 7.22. The molecule has 40 heavy (non-hydrogen) atoms. The number of carbonyl (C=O) groups excluding carboxylic acids is 1. The first kappa shape index (κ1) is 28.5. The van der Waals surface area contributed by atoms with Gasteiger partial charge in [-0.3, -0.25) is 4.79 Å². The fourth-order valence-corrected chi connectivity index (χ4v) is 7.66. The van der Waals surface area contributed by atoms with Gasteiger partial charge >= 0.3 is 6.18 Å². The number of unbranched alkanes of at least 4 members (excludes halogenated alkanes) is 3. The molecule has 0 atom stereocenters. The van der Waals surface area contributed by atoms with E-state index in [1.54, 1.807) is 23.1 Å². The van der Waals surface area contributed by atoms with Gasteiger partial charge in [0, 0.05) is 5.75 Å². The number of alkyl halides is 3. The number of thiazole rings is 1. The number of aromatic nitrogens is 1. The normalized spacial score (nSPS) is 13.7. The van der Waals surface area contributed by atoms with Gasteiger partial charge in [0.25, 0.3) is 0 Å². The largest absolute Gasteiger partial charge is 0.494 e. The van der Waals surface area contributed by atoms with Crippen LogP contribution in [-0.2, 0) is 10.2 Å². The highest BCUT2D eigenvalue weighted by atomic mass is 32.2. The Morgan fingerprint density at radius 1 is 0.975 bits per heavy atom. The lowest BCUT2D eigenvalue weighted by Crippen LogP contribution is -2.47. The topological polar surface area (TPSA) is 51.2 Å². The molecule has 0 saturated heterocycles. The maximum atomic E-state index is 13.6. The highest BCUT2D eigenvalue weighted by Crippen LogP contribution is 2.51. The molecule has 1 aromatic heterocycles. The van der Waals surface area contributed by atoms with Gasteiger partial charge in [0.2, 0.25) is 5.91 Å². The Hall–Kier alpha value is -3.04. The van der Waals surface area contributed by atoms with Crippen molar-refractivity contribution in [3.63, 3.8) is 0 Å². The van der Waals surface area contributed by atoms with Gasteiger partial charge < -0.3 is 10.1 Å². The molecule has 0 unspecified atom stereocenters. The quantitative estimate of drug-likeness (QED) is 0.134. The number of rotatable bonds is 12. The molecule has 210 valence electrons. The average molecular weight is 585 g/mol. The first-order chi connectivity index (χ1) is 19.3. The maximum Gasteiger partial charge on any atom is 0.405 e. The van der Waals surface area contributed by atoms with Crippen LogP contribution in [0, 0.1) is 0 Å². The summed E-state index contributed by atoms with van der Waals surface area (Å²) in [6.45, 7) is 1.25. The molecule has 0 fully saturated rings. The fourth-order valence-electron chi connectivity index (χ4n) is 5.49. The summed E-state index contributed by atoms with van der Waals surface area (Å²) < 4.78 is 46.9.